The van der Waals surface area contributed by atoms with Gasteiger partial charge >= 0.3 is 0 Å². The van der Waals surface area contributed by atoms with E-state index < -0.39 is 133 Å². The maximum Gasteiger partial charge on any atom is 0.187 e. The predicted molar refractivity (Wildman–Crippen MR) is 244 cm³/mol. The van der Waals surface area contributed by atoms with Gasteiger partial charge < -0.3 is 89.7 Å². The average Bonchev–Trinajstić information content (AvgIpc) is 3.56. The molecule has 0 spiro atoms. The minimum atomic E-state index is -1.70. The van der Waals surface area contributed by atoms with E-state index in [4.69, 9.17) is 53.7 Å². The highest BCUT2D eigenvalue weighted by molar-refractivity contribution is 7.82. The van der Waals surface area contributed by atoms with Gasteiger partial charge in [0.2, 0.25) is 0 Å². The number of aliphatic hydroxyl groups excluding tert-OH is 11. The highest BCUT2D eigenvalue weighted by Crippen LogP contribution is 2.76. The molecule has 382 valence electrons. The largest absolute Gasteiger partial charge is 0.394 e. The summed E-state index contributed by atoms with van der Waals surface area (Å²) in [5.74, 6) is 0.112. The summed E-state index contributed by atoms with van der Waals surface area (Å²) < 4.78 is 34.1. The van der Waals surface area contributed by atoms with E-state index in [1.807, 2.05) is 6.92 Å². The maximum absolute atomic E-state index is 12.6. The lowest BCUT2D eigenvalue weighted by Gasteiger charge is -2.68. The second-order valence-electron chi connectivity index (χ2n) is 21.2. The molecule has 0 bridgehead atoms. The number of allylic oxidation sites excluding steroid dienone is 1. The molecule has 3 saturated carbocycles. The normalized spacial score (nSPS) is 52.6. The fourth-order valence-corrected chi connectivity index (χ4v) is 14.9. The summed E-state index contributed by atoms with van der Waals surface area (Å²) in [5, 5.41) is 127. The van der Waals surface area contributed by atoms with Crippen molar-refractivity contribution in [2.75, 3.05) is 19.8 Å². The molecule has 7 rings (SSSR count). The Morgan fingerprint density at radius 1 is 0.818 bits per heavy atom. The van der Waals surface area contributed by atoms with Crippen LogP contribution in [0.4, 0.5) is 0 Å². The summed E-state index contributed by atoms with van der Waals surface area (Å²) in [6.45, 7) is 8.82. The van der Waals surface area contributed by atoms with Crippen LogP contribution in [-0.4, -0.2) is 200 Å². The summed E-state index contributed by atoms with van der Waals surface area (Å²) in [6.07, 6.45) is -15.1. The average molecular weight is 1000 g/mol. The van der Waals surface area contributed by atoms with Gasteiger partial charge in [-0.2, -0.15) is 25.3 Å². The summed E-state index contributed by atoms with van der Waals surface area (Å²) in [7, 11) is 0. The van der Waals surface area contributed by atoms with Crippen molar-refractivity contribution in [2.24, 2.45) is 34.0 Å². The lowest BCUT2D eigenvalue weighted by molar-refractivity contribution is -0.329. The van der Waals surface area contributed by atoms with Gasteiger partial charge in [0.15, 0.2) is 18.9 Å². The molecule has 0 aromatic rings. The highest BCUT2D eigenvalue weighted by atomic mass is 32.1. The van der Waals surface area contributed by atoms with Crippen LogP contribution in [0.25, 0.3) is 0 Å². The number of rotatable bonds is 14. The van der Waals surface area contributed by atoms with Crippen LogP contribution in [0, 0.1) is 34.0 Å². The number of fused-ring (bicyclic) bond motifs is 5. The highest BCUT2D eigenvalue weighted by Gasteiger charge is 2.71. The van der Waals surface area contributed by atoms with E-state index in [1.165, 1.54) is 6.92 Å². The maximum atomic E-state index is 12.6. The van der Waals surface area contributed by atoms with Gasteiger partial charge in [-0.05, 0) is 100 Å². The van der Waals surface area contributed by atoms with Crippen LogP contribution in [0.1, 0.15) is 92.4 Å². The van der Waals surface area contributed by atoms with Crippen molar-refractivity contribution in [3.63, 3.8) is 0 Å². The molecule has 66 heavy (non-hydrogen) atoms. The Kier molecular flexibility index (Phi) is 16.5. The van der Waals surface area contributed by atoms with Gasteiger partial charge in [0, 0.05) is 10.7 Å². The van der Waals surface area contributed by atoms with Gasteiger partial charge in [0.25, 0.3) is 0 Å². The SMILES string of the molecule is CC[C@@]12CC[C@H]([C@H](S)CCC(OC3OC(CO)C(O)C(O)C3O)C(C)(O)S)[C@@]1(C)C[C@@H](O)[C@]1(C)C2CC=C2[C@H]1CC[C@H](OC1OC(COC3OCC(O)C(O)C3O)C(O)C(O)C1O)[C@@]2(C)S. The Morgan fingerprint density at radius 2 is 1.44 bits per heavy atom. The van der Waals surface area contributed by atoms with Crippen LogP contribution < -0.4 is 0 Å². The van der Waals surface area contributed by atoms with Crippen LogP contribution in [0.15, 0.2) is 11.6 Å². The Hall–Kier alpha value is 0.0700. The number of hydrogen-bond donors (Lipinski definition) is 15. The summed E-state index contributed by atoms with van der Waals surface area (Å²) in [6, 6.07) is 0. The number of thiol groups is 3. The zero-order chi connectivity index (χ0) is 48.6. The fourth-order valence-electron chi connectivity index (χ4n) is 13.7. The molecular weight excluding hydrogens is 925 g/mol. The Bertz CT molecular complexity index is 1690. The predicted octanol–water partition coefficient (Wildman–Crippen LogP) is -0.835. The first-order chi connectivity index (χ1) is 30.8. The van der Waals surface area contributed by atoms with Crippen molar-refractivity contribution in [3.8, 4) is 0 Å². The van der Waals surface area contributed by atoms with Crippen molar-refractivity contribution in [3.05, 3.63) is 11.6 Å². The Morgan fingerprint density at radius 3 is 2.08 bits per heavy atom. The molecule has 12 N–H and O–H groups in total. The van der Waals surface area contributed by atoms with E-state index in [0.717, 1.165) is 24.8 Å². The summed E-state index contributed by atoms with van der Waals surface area (Å²) >= 11 is 14.9. The molecule has 21 heteroatoms. The minimum absolute atomic E-state index is 0.0630. The molecule has 6 fully saturated rings. The van der Waals surface area contributed by atoms with Crippen LogP contribution in [0.2, 0.25) is 0 Å². The van der Waals surface area contributed by atoms with E-state index in [-0.39, 0.29) is 46.9 Å². The van der Waals surface area contributed by atoms with Gasteiger partial charge in [0.05, 0.1) is 42.9 Å². The van der Waals surface area contributed by atoms with Gasteiger partial charge in [-0.3, -0.25) is 0 Å². The molecule has 26 atom stereocenters. The molecule has 0 aromatic carbocycles. The first kappa shape index (κ1) is 53.9. The van der Waals surface area contributed by atoms with E-state index in [2.05, 4.69) is 39.5 Å². The molecule has 18 nitrogen and oxygen atoms in total. The summed E-state index contributed by atoms with van der Waals surface area (Å²) in [5.41, 5.74) is -0.00637. The molecule has 0 radical (unpaired) electrons. The zero-order valence-corrected chi connectivity index (χ0v) is 41.0. The fraction of sp³-hybridized carbons (Fsp3) is 0.956. The van der Waals surface area contributed by atoms with Crippen molar-refractivity contribution in [1.29, 1.82) is 0 Å². The van der Waals surface area contributed by atoms with Gasteiger partial charge in [-0.15, -0.1) is 12.6 Å². The molecule has 17 unspecified atom stereocenters. The first-order valence-electron chi connectivity index (χ1n) is 23.6. The van der Waals surface area contributed by atoms with E-state index in [0.29, 0.717) is 32.1 Å². The second-order valence-corrected chi connectivity index (χ2v) is 23.7. The standard InChI is InChI=1S/C45H76O18S3/c1-6-45-14-13-21(25(64)9-12-29(44(5,57)66)63-39-36(55)33(52)31(50)23(16-46)60-39)41(45,2)15-27(48)42(3)19-8-11-28(43(4,65)20(19)7-10-26(42)45)62-40-37(56)34(53)32(51)24(61-40)18-59-38-35(54)30(49)22(47)17-58-38/h7,19,21-40,46-57,64-66H,6,8-18H2,1-5H3/t19-,21-,22?,23?,24?,25-,26?,27-,28+,29?,30?,31?,32?,33?,34?,35?,36?,37?,38?,39?,40?,41-,42+,43+,44?,45+/m1/s1. The minimum Gasteiger partial charge on any atom is -0.394 e. The molecule has 3 aliphatic heterocycles. The van der Waals surface area contributed by atoms with E-state index >= 15 is 0 Å². The van der Waals surface area contributed by atoms with Crippen molar-refractivity contribution < 1.29 is 89.7 Å². The number of hydrogen-bond acceptors (Lipinski definition) is 21. The lowest BCUT2D eigenvalue weighted by Crippen LogP contribution is -2.66. The van der Waals surface area contributed by atoms with Gasteiger partial charge in [0.1, 0.15) is 72.1 Å². The monoisotopic (exact) mass is 1000 g/mol. The third-order valence-electron chi connectivity index (χ3n) is 17.7. The summed E-state index contributed by atoms with van der Waals surface area (Å²) in [4.78, 5) is -1.70. The van der Waals surface area contributed by atoms with Crippen molar-refractivity contribution in [2.45, 2.75) is 212 Å². The molecule has 4 aliphatic carbocycles. The van der Waals surface area contributed by atoms with Crippen LogP contribution in [-0.2, 0) is 28.4 Å². The van der Waals surface area contributed by atoms with Crippen molar-refractivity contribution >= 4 is 37.9 Å². The van der Waals surface area contributed by atoms with Crippen LogP contribution in [0.5, 0.6) is 0 Å². The lowest BCUT2D eigenvalue weighted by atomic mass is 9.38. The Labute approximate surface area is 403 Å². The van der Waals surface area contributed by atoms with Crippen LogP contribution in [0.3, 0.4) is 0 Å². The van der Waals surface area contributed by atoms with E-state index in [9.17, 15) is 61.3 Å². The quantitative estimate of drug-likeness (QED) is 0.0574. The number of aliphatic hydroxyl groups is 12. The first-order valence-corrected chi connectivity index (χ1v) is 25.0. The molecule has 3 saturated heterocycles. The smallest absolute Gasteiger partial charge is 0.187 e. The topological polar surface area (TPSA) is 298 Å². The van der Waals surface area contributed by atoms with Gasteiger partial charge in [-0.1, -0.05) is 32.4 Å². The Balaban J connectivity index is 1.04. The van der Waals surface area contributed by atoms with Crippen LogP contribution >= 0.6 is 37.9 Å². The molecule has 0 amide bonds. The zero-order valence-electron chi connectivity index (χ0n) is 38.3. The number of ether oxygens (including phenoxy) is 6. The molecular formula is C45H76O18S3. The van der Waals surface area contributed by atoms with Gasteiger partial charge in [-0.25, -0.2) is 0 Å². The molecule has 0 aromatic heterocycles. The van der Waals surface area contributed by atoms with E-state index in [1.54, 1.807) is 0 Å². The molecule has 3 heterocycles. The third-order valence-corrected chi connectivity index (χ3v) is 19.1. The van der Waals surface area contributed by atoms with Crippen molar-refractivity contribution in [1.82, 2.24) is 0 Å². The third kappa shape index (κ3) is 9.24. The molecule has 7 aliphatic rings. The second kappa shape index (κ2) is 20.2.